The van der Waals surface area contributed by atoms with Gasteiger partial charge in [0.15, 0.2) is 0 Å². The molecule has 35 heavy (non-hydrogen) atoms. The van der Waals surface area contributed by atoms with Crippen molar-refractivity contribution in [1.29, 1.82) is 0 Å². The standard InChI is InChI=1S/C31H27N3S/c1-2-3-11-26(33)28-14-8-13-27(34-28)21-16-18-22(19-17-21)31(24-10-5-6-12-25(24)32)30-20-23-9-4-7-15-29(23)35-30/h2-19H,20,32-33H2,1H3/b3-2-,26-11-,31-30+. The van der Waals surface area contributed by atoms with Crippen molar-refractivity contribution in [2.75, 3.05) is 5.73 Å². The maximum absolute atomic E-state index is 6.46. The van der Waals surface area contributed by atoms with E-state index in [1.54, 1.807) is 0 Å². The van der Waals surface area contributed by atoms with Crippen LogP contribution >= 0.6 is 11.8 Å². The lowest BCUT2D eigenvalue weighted by molar-refractivity contribution is 1.21. The summed E-state index contributed by atoms with van der Waals surface area (Å²) >= 11 is 1.84. The van der Waals surface area contributed by atoms with Crippen LogP contribution in [0.2, 0.25) is 0 Å². The lowest BCUT2D eigenvalue weighted by Gasteiger charge is -2.15. The third-order valence-corrected chi connectivity index (χ3v) is 7.26. The maximum Gasteiger partial charge on any atom is 0.0866 e. The molecule has 0 amide bonds. The summed E-state index contributed by atoms with van der Waals surface area (Å²) in [6, 6.07) is 31.2. The van der Waals surface area contributed by atoms with Gasteiger partial charge in [0.05, 0.1) is 17.1 Å². The zero-order chi connectivity index (χ0) is 24.2. The summed E-state index contributed by atoms with van der Waals surface area (Å²) in [5.74, 6) is 0. The normalized spacial score (nSPS) is 14.8. The highest BCUT2D eigenvalue weighted by molar-refractivity contribution is 8.03. The van der Waals surface area contributed by atoms with Gasteiger partial charge in [0.1, 0.15) is 0 Å². The van der Waals surface area contributed by atoms with Gasteiger partial charge in [0.2, 0.25) is 0 Å². The average molecular weight is 474 g/mol. The summed E-state index contributed by atoms with van der Waals surface area (Å²) in [4.78, 5) is 7.42. The van der Waals surface area contributed by atoms with Crippen LogP contribution in [0.15, 0.2) is 119 Å². The predicted molar refractivity (Wildman–Crippen MR) is 150 cm³/mol. The molecule has 3 aromatic carbocycles. The Balaban J connectivity index is 1.54. The van der Waals surface area contributed by atoms with Crippen molar-refractivity contribution in [2.45, 2.75) is 18.2 Å². The monoisotopic (exact) mass is 473 g/mol. The number of aromatic nitrogens is 1. The Kier molecular flexibility index (Phi) is 6.55. The van der Waals surface area contributed by atoms with Gasteiger partial charge < -0.3 is 11.5 Å². The van der Waals surface area contributed by atoms with Crippen molar-refractivity contribution in [1.82, 2.24) is 4.98 Å². The number of nitrogens with zero attached hydrogens (tertiary/aromatic N) is 1. The highest BCUT2D eigenvalue weighted by atomic mass is 32.2. The van der Waals surface area contributed by atoms with E-state index in [0.717, 1.165) is 40.2 Å². The van der Waals surface area contributed by atoms with E-state index in [-0.39, 0.29) is 0 Å². The number of allylic oxidation sites excluding steroid dienone is 4. The first-order chi connectivity index (χ1) is 17.1. The van der Waals surface area contributed by atoms with Crippen molar-refractivity contribution >= 4 is 28.7 Å². The molecule has 0 unspecified atom stereocenters. The third-order valence-electron chi connectivity index (χ3n) is 6.05. The van der Waals surface area contributed by atoms with Gasteiger partial charge in [-0.2, -0.15) is 0 Å². The fourth-order valence-corrected chi connectivity index (χ4v) is 5.51. The average Bonchev–Trinajstić information content (AvgIpc) is 3.33. The summed E-state index contributed by atoms with van der Waals surface area (Å²) in [5.41, 5.74) is 21.6. The van der Waals surface area contributed by atoms with E-state index in [1.165, 1.54) is 20.9 Å². The molecule has 0 fully saturated rings. The number of pyridine rings is 1. The largest absolute Gasteiger partial charge is 0.398 e. The summed E-state index contributed by atoms with van der Waals surface area (Å²) in [6.45, 7) is 1.96. The maximum atomic E-state index is 6.46. The molecule has 1 aromatic heterocycles. The van der Waals surface area contributed by atoms with Crippen LogP contribution in [-0.4, -0.2) is 4.98 Å². The quantitative estimate of drug-likeness (QED) is 0.235. The fraction of sp³-hybridized carbons (Fsp3) is 0.0645. The number of rotatable bonds is 5. The third kappa shape index (κ3) is 4.79. The van der Waals surface area contributed by atoms with Crippen molar-refractivity contribution < 1.29 is 0 Å². The minimum Gasteiger partial charge on any atom is -0.398 e. The van der Waals surface area contributed by atoms with Crippen LogP contribution in [-0.2, 0) is 6.42 Å². The molecule has 5 rings (SSSR count). The van der Waals surface area contributed by atoms with E-state index < -0.39 is 0 Å². The van der Waals surface area contributed by atoms with Crippen molar-refractivity contribution in [2.24, 2.45) is 5.73 Å². The van der Waals surface area contributed by atoms with E-state index in [0.29, 0.717) is 5.70 Å². The molecule has 0 radical (unpaired) electrons. The fourth-order valence-electron chi connectivity index (χ4n) is 4.27. The summed E-state index contributed by atoms with van der Waals surface area (Å²) in [6.07, 6.45) is 6.65. The number of thioether (sulfide) groups is 1. The van der Waals surface area contributed by atoms with E-state index in [9.17, 15) is 0 Å². The van der Waals surface area contributed by atoms with Crippen LogP contribution in [0.25, 0.3) is 22.5 Å². The first-order valence-electron chi connectivity index (χ1n) is 11.6. The van der Waals surface area contributed by atoms with Gasteiger partial charge in [0, 0.05) is 38.6 Å². The molecule has 3 nitrogen and oxygen atoms in total. The molecule has 0 bridgehead atoms. The van der Waals surface area contributed by atoms with E-state index in [4.69, 9.17) is 16.5 Å². The molecule has 172 valence electrons. The van der Waals surface area contributed by atoms with Gasteiger partial charge in [-0.1, -0.05) is 90.6 Å². The summed E-state index contributed by atoms with van der Waals surface area (Å²) < 4.78 is 0. The lowest BCUT2D eigenvalue weighted by atomic mass is 9.93. The molecule has 4 N–H and O–H groups in total. The van der Waals surface area contributed by atoms with E-state index in [2.05, 4.69) is 60.7 Å². The number of benzene rings is 3. The van der Waals surface area contributed by atoms with E-state index in [1.807, 2.05) is 67.2 Å². The minimum absolute atomic E-state index is 0.644. The summed E-state index contributed by atoms with van der Waals surface area (Å²) in [5, 5.41) is 0. The van der Waals surface area contributed by atoms with Crippen molar-refractivity contribution in [3.63, 3.8) is 0 Å². The van der Waals surface area contributed by atoms with Crippen LogP contribution in [0.4, 0.5) is 5.69 Å². The number of nitrogen functional groups attached to an aromatic ring is 1. The second-order valence-corrected chi connectivity index (χ2v) is 9.54. The number of nitrogens with two attached hydrogens (primary N) is 2. The summed E-state index contributed by atoms with van der Waals surface area (Å²) in [7, 11) is 0. The van der Waals surface area contributed by atoms with Gasteiger partial charge in [-0.25, -0.2) is 4.98 Å². The molecule has 0 spiro atoms. The zero-order valence-electron chi connectivity index (χ0n) is 19.6. The van der Waals surface area contributed by atoms with Crippen molar-refractivity contribution in [3.8, 4) is 11.3 Å². The Morgan fingerprint density at radius 2 is 1.66 bits per heavy atom. The molecule has 0 aliphatic carbocycles. The first-order valence-corrected chi connectivity index (χ1v) is 12.5. The molecule has 0 saturated carbocycles. The Labute approximate surface area is 210 Å². The second-order valence-electron chi connectivity index (χ2n) is 8.41. The highest BCUT2D eigenvalue weighted by Crippen LogP contribution is 2.46. The van der Waals surface area contributed by atoms with Crippen LogP contribution in [0.5, 0.6) is 0 Å². The number of anilines is 1. The Morgan fingerprint density at radius 1 is 0.886 bits per heavy atom. The number of para-hydroxylation sites is 1. The van der Waals surface area contributed by atoms with Gasteiger partial charge in [-0.05, 0) is 48.4 Å². The van der Waals surface area contributed by atoms with Crippen LogP contribution in [0, 0.1) is 0 Å². The van der Waals surface area contributed by atoms with Gasteiger partial charge in [-0.15, -0.1) is 0 Å². The first kappa shape index (κ1) is 22.8. The molecule has 4 heteroatoms. The molecule has 1 aliphatic heterocycles. The number of hydrogen-bond acceptors (Lipinski definition) is 4. The lowest BCUT2D eigenvalue weighted by Crippen LogP contribution is -2.00. The van der Waals surface area contributed by atoms with Gasteiger partial charge >= 0.3 is 0 Å². The highest BCUT2D eigenvalue weighted by Gasteiger charge is 2.22. The second kappa shape index (κ2) is 10.1. The topological polar surface area (TPSA) is 64.9 Å². The van der Waals surface area contributed by atoms with E-state index >= 15 is 0 Å². The smallest absolute Gasteiger partial charge is 0.0866 e. The predicted octanol–water partition coefficient (Wildman–Crippen LogP) is 7.31. The van der Waals surface area contributed by atoms with Gasteiger partial charge in [0.25, 0.3) is 0 Å². The molecule has 2 heterocycles. The van der Waals surface area contributed by atoms with Crippen LogP contribution in [0.3, 0.4) is 0 Å². The molecule has 1 aliphatic rings. The minimum atomic E-state index is 0.644. The molecule has 0 atom stereocenters. The number of hydrogen-bond donors (Lipinski definition) is 2. The van der Waals surface area contributed by atoms with Crippen LogP contribution in [0.1, 0.15) is 29.3 Å². The zero-order valence-corrected chi connectivity index (χ0v) is 20.4. The number of fused-ring (bicyclic) bond motifs is 1. The van der Waals surface area contributed by atoms with Crippen molar-refractivity contribution in [3.05, 3.63) is 137 Å². The van der Waals surface area contributed by atoms with Crippen LogP contribution < -0.4 is 11.5 Å². The Morgan fingerprint density at radius 3 is 2.43 bits per heavy atom. The Hall–Kier alpha value is -4.02. The Bertz CT molecular complexity index is 1440. The SMILES string of the molecule is C/C=C\C=C(/N)c1cccc(-c2ccc(/C(=C3/Cc4ccccc4S3)c3ccccc3N)cc2)n1. The molecular weight excluding hydrogens is 446 g/mol. The molecule has 0 saturated heterocycles. The molecular formula is C31H27N3S. The van der Waals surface area contributed by atoms with Gasteiger partial charge in [-0.3, -0.25) is 0 Å². The molecule has 4 aromatic rings.